The summed E-state index contributed by atoms with van der Waals surface area (Å²) in [6, 6.07) is 7.47. The number of aliphatic hydroxyl groups excluding tert-OH is 1. The highest BCUT2D eigenvalue weighted by atomic mass is 16.3. The number of aliphatic hydroxyl groups is 1. The molecular weight excluding hydrogens is 202 g/mol. The average molecular weight is 213 g/mol. The number of rotatable bonds is 3. The van der Waals surface area contributed by atoms with Gasteiger partial charge >= 0.3 is 0 Å². The van der Waals surface area contributed by atoms with Crippen molar-refractivity contribution < 1.29 is 5.11 Å². The zero-order valence-corrected chi connectivity index (χ0v) is 8.67. The van der Waals surface area contributed by atoms with Crippen molar-refractivity contribution in [3.8, 4) is 0 Å². The van der Waals surface area contributed by atoms with Crippen LogP contribution in [0, 0.1) is 0 Å². The van der Waals surface area contributed by atoms with Gasteiger partial charge in [0.1, 0.15) is 22.5 Å². The van der Waals surface area contributed by atoms with Gasteiger partial charge < -0.3 is 5.11 Å². The molecule has 0 amide bonds. The van der Waals surface area contributed by atoms with E-state index in [0.717, 1.165) is 11.0 Å². The zero-order valence-electron chi connectivity index (χ0n) is 8.67. The maximum atomic E-state index is 9.59. The second-order valence-corrected chi connectivity index (χ2v) is 3.16. The highest BCUT2D eigenvalue weighted by Crippen LogP contribution is 2.13. The van der Waals surface area contributed by atoms with Gasteiger partial charge in [0, 0.05) is 0 Å². The van der Waals surface area contributed by atoms with Crippen LogP contribution in [0.25, 0.3) is 16.7 Å². The predicted molar refractivity (Wildman–Crippen MR) is 63.8 cm³/mol. The van der Waals surface area contributed by atoms with Crippen molar-refractivity contribution in [1.29, 1.82) is 0 Å². The fraction of sp³-hybridized carbons (Fsp3) is 0. The number of allylic oxidation sites excluding steroid dienone is 3. The lowest BCUT2D eigenvalue weighted by Crippen LogP contribution is -2.01. The molecule has 0 radical (unpaired) electrons. The molecular formula is C12H11N3O. The van der Waals surface area contributed by atoms with E-state index in [2.05, 4.69) is 23.4 Å². The molecule has 0 aliphatic rings. The molecule has 0 bridgehead atoms. The first-order valence-electron chi connectivity index (χ1n) is 4.77. The molecule has 80 valence electrons. The van der Waals surface area contributed by atoms with Gasteiger partial charge in [-0.3, -0.25) is 0 Å². The Morgan fingerprint density at radius 3 is 2.12 bits per heavy atom. The molecule has 0 atom stereocenters. The van der Waals surface area contributed by atoms with Crippen LogP contribution in [0.5, 0.6) is 0 Å². The van der Waals surface area contributed by atoms with Crippen LogP contribution in [0.4, 0.5) is 0 Å². The van der Waals surface area contributed by atoms with E-state index in [1.54, 1.807) is 0 Å². The number of nitrogens with zero attached hydrogens (tertiary/aromatic N) is 3. The number of aromatic nitrogens is 3. The fourth-order valence-electron chi connectivity index (χ4n) is 1.36. The van der Waals surface area contributed by atoms with Crippen molar-refractivity contribution in [2.24, 2.45) is 0 Å². The Morgan fingerprint density at radius 1 is 1.12 bits per heavy atom. The summed E-state index contributed by atoms with van der Waals surface area (Å²) in [7, 11) is 0. The first-order valence-corrected chi connectivity index (χ1v) is 4.77. The monoisotopic (exact) mass is 213 g/mol. The van der Waals surface area contributed by atoms with Crippen molar-refractivity contribution in [3.05, 3.63) is 55.3 Å². The number of benzene rings is 1. The van der Waals surface area contributed by atoms with Crippen LogP contribution in [0.2, 0.25) is 0 Å². The third-order valence-electron chi connectivity index (χ3n) is 2.15. The van der Waals surface area contributed by atoms with Gasteiger partial charge in [-0.15, -0.1) is 15.0 Å². The summed E-state index contributed by atoms with van der Waals surface area (Å²) in [6.45, 7) is 7.09. The van der Waals surface area contributed by atoms with Crippen LogP contribution in [-0.2, 0) is 0 Å². The third-order valence-corrected chi connectivity index (χ3v) is 2.15. The Bertz CT molecular complexity index is 548. The molecule has 1 N–H and O–H groups in total. The summed E-state index contributed by atoms with van der Waals surface area (Å²) < 4.78 is 0. The summed E-state index contributed by atoms with van der Waals surface area (Å²) in [5, 5.41) is 18.0. The van der Waals surface area contributed by atoms with Gasteiger partial charge in [-0.2, -0.15) is 0 Å². The third kappa shape index (κ3) is 1.61. The minimum Gasteiger partial charge on any atom is -0.506 e. The lowest BCUT2D eigenvalue weighted by molar-refractivity contribution is 0.430. The van der Waals surface area contributed by atoms with Crippen molar-refractivity contribution in [2.45, 2.75) is 0 Å². The van der Waals surface area contributed by atoms with Gasteiger partial charge in [0.15, 0.2) is 0 Å². The number of hydrogen-bond donors (Lipinski definition) is 1. The first kappa shape index (κ1) is 10.2. The van der Waals surface area contributed by atoms with Crippen LogP contribution in [0.3, 0.4) is 0 Å². The minimum absolute atomic E-state index is 0.00435. The molecule has 0 saturated carbocycles. The lowest BCUT2D eigenvalue weighted by atomic mass is 10.3. The topological polar surface area (TPSA) is 50.9 Å². The van der Waals surface area contributed by atoms with E-state index in [0.29, 0.717) is 5.70 Å². The molecule has 1 aromatic heterocycles. The molecule has 16 heavy (non-hydrogen) atoms. The Hall–Kier alpha value is -2.36. The van der Waals surface area contributed by atoms with Gasteiger partial charge in [0.2, 0.25) is 0 Å². The molecule has 4 heteroatoms. The van der Waals surface area contributed by atoms with Crippen LogP contribution in [0.1, 0.15) is 0 Å². The summed E-state index contributed by atoms with van der Waals surface area (Å²) in [4.78, 5) is 1.34. The quantitative estimate of drug-likeness (QED) is 0.629. The van der Waals surface area contributed by atoms with E-state index in [9.17, 15) is 5.11 Å². The van der Waals surface area contributed by atoms with E-state index in [-0.39, 0.29) is 5.76 Å². The van der Waals surface area contributed by atoms with E-state index < -0.39 is 0 Å². The van der Waals surface area contributed by atoms with Crippen LogP contribution < -0.4 is 0 Å². The molecule has 2 aromatic rings. The normalized spacial score (nSPS) is 12.2. The molecule has 0 saturated heterocycles. The molecule has 4 nitrogen and oxygen atoms in total. The molecule has 0 fully saturated rings. The van der Waals surface area contributed by atoms with Gasteiger partial charge in [0.05, 0.1) is 0 Å². The maximum absolute atomic E-state index is 9.59. The Morgan fingerprint density at radius 2 is 1.69 bits per heavy atom. The van der Waals surface area contributed by atoms with Crippen molar-refractivity contribution in [2.75, 3.05) is 0 Å². The SMILES string of the molecule is C=C/C(O)=C(\C=C)n1nc2ccccc2n1. The maximum Gasteiger partial charge on any atom is 0.142 e. The zero-order chi connectivity index (χ0) is 11.5. The van der Waals surface area contributed by atoms with Gasteiger partial charge in [-0.25, -0.2) is 0 Å². The smallest absolute Gasteiger partial charge is 0.142 e. The van der Waals surface area contributed by atoms with Crippen molar-refractivity contribution in [1.82, 2.24) is 15.0 Å². The second-order valence-electron chi connectivity index (χ2n) is 3.16. The highest BCUT2D eigenvalue weighted by Gasteiger charge is 2.06. The van der Waals surface area contributed by atoms with E-state index in [1.807, 2.05) is 24.3 Å². The number of fused-ring (bicyclic) bond motifs is 1. The average Bonchev–Trinajstić information content (AvgIpc) is 2.72. The molecule has 0 unspecified atom stereocenters. The standard InChI is InChI=1S/C12H11N3O/c1-3-11(12(16)4-2)15-13-9-7-5-6-8-10(9)14-15/h3-8,16H,1-2H2/b12-11-. The second kappa shape index (κ2) is 4.02. The summed E-state index contributed by atoms with van der Waals surface area (Å²) >= 11 is 0. The Kier molecular flexibility index (Phi) is 2.55. The van der Waals surface area contributed by atoms with E-state index >= 15 is 0 Å². The lowest BCUT2D eigenvalue weighted by Gasteiger charge is -2.00. The van der Waals surface area contributed by atoms with Crippen LogP contribution >= 0.6 is 0 Å². The van der Waals surface area contributed by atoms with Crippen LogP contribution in [-0.4, -0.2) is 20.1 Å². The molecule has 1 heterocycles. The highest BCUT2D eigenvalue weighted by molar-refractivity contribution is 5.74. The van der Waals surface area contributed by atoms with E-state index in [1.165, 1.54) is 16.9 Å². The van der Waals surface area contributed by atoms with Crippen molar-refractivity contribution in [3.63, 3.8) is 0 Å². The molecule has 0 aliphatic carbocycles. The number of hydrogen-bond acceptors (Lipinski definition) is 3. The fourth-order valence-corrected chi connectivity index (χ4v) is 1.36. The van der Waals surface area contributed by atoms with Gasteiger partial charge in [-0.1, -0.05) is 25.3 Å². The van der Waals surface area contributed by atoms with Crippen LogP contribution in [0.15, 0.2) is 55.3 Å². The van der Waals surface area contributed by atoms with Gasteiger partial charge in [0.25, 0.3) is 0 Å². The van der Waals surface area contributed by atoms with Crippen molar-refractivity contribution >= 4 is 16.7 Å². The summed E-state index contributed by atoms with van der Waals surface area (Å²) in [5.41, 5.74) is 1.93. The molecule has 2 rings (SSSR count). The first-order chi connectivity index (χ1) is 7.76. The summed E-state index contributed by atoms with van der Waals surface area (Å²) in [6.07, 6.45) is 2.81. The Balaban J connectivity index is 2.63. The van der Waals surface area contributed by atoms with Gasteiger partial charge in [-0.05, 0) is 24.3 Å². The molecule has 1 aromatic carbocycles. The van der Waals surface area contributed by atoms with E-state index in [4.69, 9.17) is 0 Å². The Labute approximate surface area is 92.8 Å². The largest absolute Gasteiger partial charge is 0.506 e. The minimum atomic E-state index is -0.00435. The molecule has 0 aliphatic heterocycles. The molecule has 0 spiro atoms. The predicted octanol–water partition coefficient (Wildman–Crippen LogP) is 2.53. The summed E-state index contributed by atoms with van der Waals surface area (Å²) in [5.74, 6) is -0.00435.